The number of nitrogens with one attached hydrogen (secondary N) is 1. The Balaban J connectivity index is 0.000000606. The third-order valence-electron chi connectivity index (χ3n) is 2.69. The van der Waals surface area contributed by atoms with Gasteiger partial charge in [0.2, 0.25) is 0 Å². The lowest BCUT2D eigenvalue weighted by atomic mass is 10.0. The second kappa shape index (κ2) is 6.61. The molecule has 0 bridgehead atoms. The second-order valence-corrected chi connectivity index (χ2v) is 3.70. The van der Waals surface area contributed by atoms with Gasteiger partial charge >= 0.3 is 0 Å². The maximum atomic E-state index is 12.6. The Labute approximate surface area is 96.5 Å². The van der Waals surface area contributed by atoms with Crippen LogP contribution in [0.3, 0.4) is 0 Å². The van der Waals surface area contributed by atoms with Crippen LogP contribution in [0.5, 0.6) is 0 Å². The number of rotatable bonds is 2. The molecule has 2 atom stereocenters. The summed E-state index contributed by atoms with van der Waals surface area (Å²) in [5.74, 6) is -0.264. The molecule has 16 heavy (non-hydrogen) atoms. The molecule has 0 spiro atoms. The van der Waals surface area contributed by atoms with Crippen molar-refractivity contribution in [3.05, 3.63) is 35.6 Å². The van der Waals surface area contributed by atoms with E-state index in [4.69, 9.17) is 0 Å². The van der Waals surface area contributed by atoms with Crippen LogP contribution in [0.25, 0.3) is 0 Å². The Morgan fingerprint density at radius 3 is 2.44 bits per heavy atom. The molecule has 0 radical (unpaired) electrons. The van der Waals surface area contributed by atoms with Gasteiger partial charge in [-0.2, -0.15) is 0 Å². The highest BCUT2D eigenvalue weighted by Gasteiger charge is 2.23. The van der Waals surface area contributed by atoms with E-state index in [2.05, 4.69) is 5.32 Å². The van der Waals surface area contributed by atoms with Gasteiger partial charge in [-0.15, -0.1) is 0 Å². The van der Waals surface area contributed by atoms with Gasteiger partial charge in [0.05, 0.1) is 6.10 Å². The molecule has 0 saturated carbocycles. The van der Waals surface area contributed by atoms with Gasteiger partial charge in [-0.3, -0.25) is 0 Å². The molecule has 2 unspecified atom stereocenters. The van der Waals surface area contributed by atoms with Gasteiger partial charge in [-0.1, -0.05) is 26.0 Å². The van der Waals surface area contributed by atoms with Crippen LogP contribution in [-0.4, -0.2) is 17.7 Å². The summed E-state index contributed by atoms with van der Waals surface area (Å²) >= 11 is 0. The third kappa shape index (κ3) is 3.29. The van der Waals surface area contributed by atoms with E-state index in [1.807, 2.05) is 13.8 Å². The average molecular weight is 225 g/mol. The lowest BCUT2D eigenvalue weighted by Crippen LogP contribution is -2.28. The van der Waals surface area contributed by atoms with Crippen LogP contribution in [0.15, 0.2) is 24.3 Å². The minimum Gasteiger partial charge on any atom is -0.387 e. The Morgan fingerprint density at radius 1 is 1.31 bits per heavy atom. The largest absolute Gasteiger partial charge is 0.387 e. The van der Waals surface area contributed by atoms with Crippen LogP contribution < -0.4 is 5.32 Å². The summed E-state index contributed by atoms with van der Waals surface area (Å²) in [6.07, 6.45) is 1.57. The molecule has 0 aliphatic carbocycles. The van der Waals surface area contributed by atoms with Crippen LogP contribution >= 0.6 is 0 Å². The van der Waals surface area contributed by atoms with Crippen molar-refractivity contribution >= 4 is 0 Å². The zero-order valence-electron chi connectivity index (χ0n) is 9.91. The average Bonchev–Trinajstić information content (AvgIpc) is 2.85. The monoisotopic (exact) mass is 225 g/mol. The highest BCUT2D eigenvalue weighted by Crippen LogP contribution is 2.22. The summed E-state index contributed by atoms with van der Waals surface area (Å²) in [7, 11) is 0. The van der Waals surface area contributed by atoms with Crippen LogP contribution in [-0.2, 0) is 0 Å². The summed E-state index contributed by atoms with van der Waals surface area (Å²) in [6, 6.07) is 6.17. The lowest BCUT2D eigenvalue weighted by molar-refractivity contribution is 0.137. The first-order valence-corrected chi connectivity index (χ1v) is 5.94. The molecule has 1 fully saturated rings. The first-order chi connectivity index (χ1) is 7.77. The molecule has 1 aliphatic heterocycles. The van der Waals surface area contributed by atoms with Crippen LogP contribution in [0.1, 0.15) is 38.4 Å². The smallest absolute Gasteiger partial charge is 0.123 e. The highest BCUT2D eigenvalue weighted by atomic mass is 19.1. The zero-order chi connectivity index (χ0) is 12.0. The maximum absolute atomic E-state index is 12.6. The van der Waals surface area contributed by atoms with Crippen molar-refractivity contribution < 1.29 is 9.50 Å². The first-order valence-electron chi connectivity index (χ1n) is 5.94. The summed E-state index contributed by atoms with van der Waals surface area (Å²) in [5, 5.41) is 13.2. The van der Waals surface area contributed by atoms with E-state index in [1.54, 1.807) is 12.1 Å². The van der Waals surface area contributed by atoms with Crippen molar-refractivity contribution in [2.24, 2.45) is 0 Å². The predicted molar refractivity (Wildman–Crippen MR) is 63.7 cm³/mol. The molecule has 90 valence electrons. The molecule has 1 aromatic rings. The lowest BCUT2D eigenvalue weighted by Gasteiger charge is -2.18. The topological polar surface area (TPSA) is 32.3 Å². The SMILES string of the molecule is CC.OC(c1ccc(F)cc1)C1CCCN1. The first kappa shape index (κ1) is 13.1. The fourth-order valence-corrected chi connectivity index (χ4v) is 1.87. The minimum atomic E-state index is -0.516. The molecule has 0 aromatic heterocycles. The number of hydrogen-bond donors (Lipinski definition) is 2. The molecular formula is C13H20FNO. The standard InChI is InChI=1S/C11H14FNO.C2H6/c12-9-5-3-8(4-6-9)11(14)10-2-1-7-13-10;1-2/h3-6,10-11,13-14H,1-2,7H2;1-2H3. The van der Waals surface area contributed by atoms with Crippen molar-refractivity contribution in [3.63, 3.8) is 0 Å². The van der Waals surface area contributed by atoms with Crippen molar-refractivity contribution in [1.82, 2.24) is 5.32 Å². The molecular weight excluding hydrogens is 205 g/mol. The quantitative estimate of drug-likeness (QED) is 0.811. The van der Waals surface area contributed by atoms with E-state index in [9.17, 15) is 9.50 Å². The molecule has 2 N–H and O–H groups in total. The summed E-state index contributed by atoms with van der Waals surface area (Å²) in [5.41, 5.74) is 0.783. The number of benzene rings is 1. The van der Waals surface area contributed by atoms with Crippen molar-refractivity contribution in [2.45, 2.75) is 38.8 Å². The van der Waals surface area contributed by atoms with Gasteiger partial charge < -0.3 is 10.4 Å². The molecule has 1 heterocycles. The summed E-state index contributed by atoms with van der Waals surface area (Å²) in [6.45, 7) is 4.96. The highest BCUT2D eigenvalue weighted by molar-refractivity contribution is 5.20. The Bertz CT molecular complexity index is 293. The minimum absolute atomic E-state index is 0.125. The molecule has 1 aromatic carbocycles. The van der Waals surface area contributed by atoms with Crippen molar-refractivity contribution in [1.29, 1.82) is 0 Å². The fourth-order valence-electron chi connectivity index (χ4n) is 1.87. The number of aliphatic hydroxyl groups is 1. The molecule has 1 aliphatic rings. The van der Waals surface area contributed by atoms with Gasteiger partial charge in [0.15, 0.2) is 0 Å². The Hall–Kier alpha value is -0.930. The van der Waals surface area contributed by atoms with E-state index >= 15 is 0 Å². The number of halogens is 1. The fraction of sp³-hybridized carbons (Fsp3) is 0.538. The maximum Gasteiger partial charge on any atom is 0.123 e. The summed E-state index contributed by atoms with van der Waals surface area (Å²) in [4.78, 5) is 0. The molecule has 2 rings (SSSR count). The normalized spacial score (nSPS) is 21.1. The van der Waals surface area contributed by atoms with Crippen LogP contribution in [0.4, 0.5) is 4.39 Å². The van der Waals surface area contributed by atoms with Gasteiger partial charge in [0.1, 0.15) is 5.82 Å². The van der Waals surface area contributed by atoms with E-state index in [0.29, 0.717) is 0 Å². The van der Waals surface area contributed by atoms with Gasteiger partial charge in [-0.25, -0.2) is 4.39 Å². The number of aliphatic hydroxyl groups excluding tert-OH is 1. The number of hydrogen-bond acceptors (Lipinski definition) is 2. The van der Waals surface area contributed by atoms with Gasteiger partial charge in [0, 0.05) is 6.04 Å². The summed E-state index contributed by atoms with van der Waals surface area (Å²) < 4.78 is 12.6. The van der Waals surface area contributed by atoms with Gasteiger partial charge in [0.25, 0.3) is 0 Å². The predicted octanol–water partition coefficient (Wildman–Crippen LogP) is 2.64. The molecule has 0 amide bonds. The van der Waals surface area contributed by atoms with Crippen molar-refractivity contribution in [2.75, 3.05) is 6.54 Å². The van der Waals surface area contributed by atoms with E-state index in [-0.39, 0.29) is 11.9 Å². The van der Waals surface area contributed by atoms with Crippen molar-refractivity contribution in [3.8, 4) is 0 Å². The second-order valence-electron chi connectivity index (χ2n) is 3.70. The third-order valence-corrected chi connectivity index (χ3v) is 2.69. The molecule has 3 heteroatoms. The van der Waals surface area contributed by atoms with Crippen LogP contribution in [0.2, 0.25) is 0 Å². The van der Waals surface area contributed by atoms with Gasteiger partial charge in [-0.05, 0) is 37.1 Å². The van der Waals surface area contributed by atoms with E-state index in [1.165, 1.54) is 12.1 Å². The van der Waals surface area contributed by atoms with E-state index in [0.717, 1.165) is 24.9 Å². The molecule has 1 saturated heterocycles. The van der Waals surface area contributed by atoms with E-state index < -0.39 is 6.10 Å². The Kier molecular flexibility index (Phi) is 5.43. The van der Waals surface area contributed by atoms with Crippen LogP contribution in [0, 0.1) is 5.82 Å². The zero-order valence-corrected chi connectivity index (χ0v) is 9.91. The molecule has 2 nitrogen and oxygen atoms in total. The Morgan fingerprint density at radius 2 is 1.94 bits per heavy atom.